The predicted octanol–water partition coefficient (Wildman–Crippen LogP) is 0.504. The quantitative estimate of drug-likeness (QED) is 0.563. The van der Waals surface area contributed by atoms with E-state index in [4.69, 9.17) is 9.47 Å². The molecule has 1 unspecified atom stereocenters. The first kappa shape index (κ1) is 7.28. The van der Waals surface area contributed by atoms with Crippen LogP contribution in [-0.2, 0) is 14.3 Å². The summed E-state index contributed by atoms with van der Waals surface area (Å²) in [5.41, 5.74) is 0. The number of ether oxygens (including phenoxy) is 2. The molecule has 3 nitrogen and oxygen atoms in total. The molecule has 1 rings (SSSR count). The van der Waals surface area contributed by atoms with E-state index in [0.717, 1.165) is 0 Å². The van der Waals surface area contributed by atoms with Gasteiger partial charge in [-0.1, -0.05) is 0 Å². The van der Waals surface area contributed by atoms with Gasteiger partial charge in [-0.25, -0.2) is 0 Å². The van der Waals surface area contributed by atoms with Crippen molar-refractivity contribution in [3.63, 3.8) is 0 Å². The van der Waals surface area contributed by atoms with Crippen molar-refractivity contribution in [3.8, 4) is 0 Å². The van der Waals surface area contributed by atoms with Gasteiger partial charge >= 0.3 is 0 Å². The average Bonchev–Trinajstić information content (AvgIpc) is 2.30. The molecule has 0 bridgehead atoms. The predicted molar refractivity (Wildman–Crippen MR) is 35.5 cm³/mol. The Morgan fingerprint density at radius 3 is 2.60 bits per heavy atom. The van der Waals surface area contributed by atoms with E-state index in [1.54, 1.807) is 13.2 Å². The lowest BCUT2D eigenvalue weighted by molar-refractivity contribution is -0.118. The highest BCUT2D eigenvalue weighted by atomic mass is 16.5. The van der Waals surface area contributed by atoms with Gasteiger partial charge in [-0.2, -0.15) is 0 Å². The molecule has 0 aromatic heterocycles. The maximum absolute atomic E-state index is 10.9. The summed E-state index contributed by atoms with van der Waals surface area (Å²) >= 11 is 0. The van der Waals surface area contributed by atoms with E-state index >= 15 is 0 Å². The number of carbonyl (C=O) groups is 1. The summed E-state index contributed by atoms with van der Waals surface area (Å²) in [6.45, 7) is 0. The van der Waals surface area contributed by atoms with E-state index in [0.29, 0.717) is 12.2 Å². The summed E-state index contributed by atoms with van der Waals surface area (Å²) in [5.74, 6) is 0.446. The van der Waals surface area contributed by atoms with Crippen molar-refractivity contribution in [1.82, 2.24) is 0 Å². The molecule has 0 aromatic rings. The van der Waals surface area contributed by atoms with Crippen LogP contribution in [-0.4, -0.2) is 26.1 Å². The monoisotopic (exact) mass is 142 g/mol. The standard InChI is InChI=1S/C7H10O3/c1-9-5-3-6(8)7(4-5)10-2/h4-5H,3H2,1-2H3. The smallest absolute Gasteiger partial charge is 0.200 e. The van der Waals surface area contributed by atoms with Crippen LogP contribution < -0.4 is 0 Å². The molecule has 0 spiro atoms. The molecule has 10 heavy (non-hydrogen) atoms. The number of hydrogen-bond donors (Lipinski definition) is 0. The highest BCUT2D eigenvalue weighted by Gasteiger charge is 2.23. The molecule has 0 aliphatic heterocycles. The Hall–Kier alpha value is -0.830. The van der Waals surface area contributed by atoms with Gasteiger partial charge in [-0.3, -0.25) is 4.79 Å². The van der Waals surface area contributed by atoms with E-state index in [-0.39, 0.29) is 11.9 Å². The summed E-state index contributed by atoms with van der Waals surface area (Å²) in [4.78, 5) is 10.9. The molecule has 0 amide bonds. The fourth-order valence-corrected chi connectivity index (χ4v) is 0.937. The van der Waals surface area contributed by atoms with E-state index in [2.05, 4.69) is 0 Å². The molecule has 1 aliphatic carbocycles. The number of Topliss-reactive ketones (excluding diaryl/α,β-unsaturated/α-hetero) is 1. The van der Waals surface area contributed by atoms with Crippen LogP contribution in [0.2, 0.25) is 0 Å². The number of rotatable bonds is 2. The van der Waals surface area contributed by atoms with E-state index in [1.165, 1.54) is 7.11 Å². The molecular formula is C7H10O3. The highest BCUT2D eigenvalue weighted by Crippen LogP contribution is 2.16. The number of ketones is 1. The van der Waals surface area contributed by atoms with E-state index < -0.39 is 0 Å². The first-order valence-electron chi connectivity index (χ1n) is 3.09. The molecule has 0 radical (unpaired) electrons. The molecule has 1 aliphatic rings. The van der Waals surface area contributed by atoms with Crippen LogP contribution in [0.25, 0.3) is 0 Å². The zero-order valence-electron chi connectivity index (χ0n) is 6.09. The maximum atomic E-state index is 10.9. The number of carbonyl (C=O) groups excluding carboxylic acids is 1. The lowest BCUT2D eigenvalue weighted by Crippen LogP contribution is -2.05. The van der Waals surface area contributed by atoms with Crippen molar-refractivity contribution in [1.29, 1.82) is 0 Å². The van der Waals surface area contributed by atoms with Crippen LogP contribution in [0, 0.1) is 0 Å². The van der Waals surface area contributed by atoms with Gasteiger partial charge in [0.1, 0.15) is 0 Å². The maximum Gasteiger partial charge on any atom is 0.200 e. The van der Waals surface area contributed by atoms with E-state index in [1.807, 2.05) is 0 Å². The first-order chi connectivity index (χ1) is 4.77. The molecule has 0 N–H and O–H groups in total. The summed E-state index contributed by atoms with van der Waals surface area (Å²) < 4.78 is 9.72. The third-order valence-electron chi connectivity index (χ3n) is 1.52. The second-order valence-corrected chi connectivity index (χ2v) is 2.14. The Bertz CT molecular complexity index is 172. The first-order valence-corrected chi connectivity index (χ1v) is 3.09. The Kier molecular flexibility index (Phi) is 2.06. The third kappa shape index (κ3) is 1.19. The zero-order chi connectivity index (χ0) is 7.56. The van der Waals surface area contributed by atoms with Gasteiger partial charge in [-0.15, -0.1) is 0 Å². The van der Waals surface area contributed by atoms with Crippen LogP contribution in [0.5, 0.6) is 0 Å². The Labute approximate surface area is 59.6 Å². The molecule has 1 atom stereocenters. The fourth-order valence-electron chi connectivity index (χ4n) is 0.937. The van der Waals surface area contributed by atoms with Crippen molar-refractivity contribution < 1.29 is 14.3 Å². The summed E-state index contributed by atoms with van der Waals surface area (Å²) in [6.07, 6.45) is 2.03. The molecule has 0 heterocycles. The Morgan fingerprint density at radius 1 is 1.60 bits per heavy atom. The topological polar surface area (TPSA) is 35.5 Å². The van der Waals surface area contributed by atoms with Gasteiger partial charge < -0.3 is 9.47 Å². The average molecular weight is 142 g/mol. The summed E-state index contributed by atoms with van der Waals surface area (Å²) in [7, 11) is 3.06. The molecular weight excluding hydrogens is 132 g/mol. The number of hydrogen-bond acceptors (Lipinski definition) is 3. The van der Waals surface area contributed by atoms with Gasteiger partial charge in [0.25, 0.3) is 0 Å². The van der Waals surface area contributed by atoms with E-state index in [9.17, 15) is 4.79 Å². The summed E-state index contributed by atoms with van der Waals surface area (Å²) in [5, 5.41) is 0. The van der Waals surface area contributed by atoms with Crippen molar-refractivity contribution in [3.05, 3.63) is 11.8 Å². The second-order valence-electron chi connectivity index (χ2n) is 2.14. The summed E-state index contributed by atoms with van der Waals surface area (Å²) in [6, 6.07) is 0. The van der Waals surface area contributed by atoms with Crippen LogP contribution in [0.3, 0.4) is 0 Å². The molecule has 0 fully saturated rings. The van der Waals surface area contributed by atoms with Gasteiger partial charge in [0.15, 0.2) is 11.5 Å². The molecule has 0 saturated carbocycles. The zero-order valence-corrected chi connectivity index (χ0v) is 6.09. The van der Waals surface area contributed by atoms with Gasteiger partial charge in [0, 0.05) is 13.5 Å². The van der Waals surface area contributed by atoms with Crippen molar-refractivity contribution in [2.45, 2.75) is 12.5 Å². The lowest BCUT2D eigenvalue weighted by atomic mass is 10.3. The highest BCUT2D eigenvalue weighted by molar-refractivity contribution is 5.96. The van der Waals surface area contributed by atoms with Crippen molar-refractivity contribution in [2.24, 2.45) is 0 Å². The van der Waals surface area contributed by atoms with Gasteiger partial charge in [-0.05, 0) is 6.08 Å². The second kappa shape index (κ2) is 2.84. The van der Waals surface area contributed by atoms with Crippen molar-refractivity contribution in [2.75, 3.05) is 14.2 Å². The lowest BCUT2D eigenvalue weighted by Gasteiger charge is -1.98. The number of allylic oxidation sites excluding steroid dienone is 1. The minimum Gasteiger partial charge on any atom is -0.493 e. The Morgan fingerprint density at radius 2 is 2.30 bits per heavy atom. The fraction of sp³-hybridized carbons (Fsp3) is 0.571. The number of methoxy groups -OCH3 is 2. The molecule has 0 saturated heterocycles. The van der Waals surface area contributed by atoms with Crippen LogP contribution in [0.1, 0.15) is 6.42 Å². The normalized spacial score (nSPS) is 24.8. The molecule has 3 heteroatoms. The SMILES string of the molecule is COC1=CC(OC)CC1=O. The molecule has 0 aromatic carbocycles. The third-order valence-corrected chi connectivity index (χ3v) is 1.52. The van der Waals surface area contributed by atoms with Crippen LogP contribution in [0.4, 0.5) is 0 Å². The largest absolute Gasteiger partial charge is 0.493 e. The molecule has 56 valence electrons. The minimum atomic E-state index is -0.0811. The minimum absolute atomic E-state index is 0.0225. The van der Waals surface area contributed by atoms with Crippen molar-refractivity contribution >= 4 is 5.78 Å². The van der Waals surface area contributed by atoms with Crippen LogP contribution in [0.15, 0.2) is 11.8 Å². The Balaban J connectivity index is 2.63. The van der Waals surface area contributed by atoms with Gasteiger partial charge in [0.2, 0.25) is 0 Å². The van der Waals surface area contributed by atoms with Gasteiger partial charge in [0.05, 0.1) is 13.2 Å². The van der Waals surface area contributed by atoms with Crippen LogP contribution >= 0.6 is 0 Å².